The van der Waals surface area contributed by atoms with Gasteiger partial charge in [-0.1, -0.05) is 72.3 Å². The topological polar surface area (TPSA) is 70.1 Å². The summed E-state index contributed by atoms with van der Waals surface area (Å²) in [5, 5.41) is 11.3. The lowest BCUT2D eigenvalue weighted by Crippen LogP contribution is -2.62. The number of fused-ring (bicyclic) bond motifs is 3. The van der Waals surface area contributed by atoms with Gasteiger partial charge in [0.15, 0.2) is 0 Å². The van der Waals surface area contributed by atoms with E-state index in [0.717, 1.165) is 27.8 Å². The van der Waals surface area contributed by atoms with Crippen molar-refractivity contribution in [2.75, 3.05) is 20.2 Å². The Labute approximate surface area is 209 Å². The minimum Gasteiger partial charge on any atom is -0.479 e. The minimum absolute atomic E-state index is 0.297. The second-order valence-corrected chi connectivity index (χ2v) is 9.59. The molecule has 180 valence electrons. The molecule has 1 amide bonds. The molecule has 0 unspecified atom stereocenters. The summed E-state index contributed by atoms with van der Waals surface area (Å²) in [5.41, 5.74) is 3.59. The number of hydrogen-bond acceptors (Lipinski definition) is 4. The largest absolute Gasteiger partial charge is 0.479 e. The standard InChI is InChI=1S/C28H27ClN2O4/c1-35-27(34)31(25-23-8-4-2-6-21(23)22-7-3-5-9-24(22)25)28(26(32)33)14-16-30(17-15-28)18-19-10-12-20(29)13-11-19/h2-13,25H,14-18H2,1H3,(H,32,33). The van der Waals surface area contributed by atoms with E-state index in [4.69, 9.17) is 16.3 Å². The first-order chi connectivity index (χ1) is 16.9. The number of piperidine rings is 1. The average molecular weight is 491 g/mol. The number of nitrogens with zero attached hydrogens (tertiary/aromatic N) is 2. The summed E-state index contributed by atoms with van der Waals surface area (Å²) in [6, 6.07) is 22.9. The van der Waals surface area contributed by atoms with Crippen molar-refractivity contribution in [3.8, 4) is 11.1 Å². The molecule has 6 nitrogen and oxygen atoms in total. The molecule has 1 heterocycles. The third kappa shape index (κ3) is 4.07. The molecule has 3 aromatic rings. The zero-order valence-electron chi connectivity index (χ0n) is 19.5. The van der Waals surface area contributed by atoms with Gasteiger partial charge in [0.2, 0.25) is 0 Å². The summed E-state index contributed by atoms with van der Waals surface area (Å²) in [6.45, 7) is 1.77. The Bertz CT molecular complexity index is 1210. The van der Waals surface area contributed by atoms with Gasteiger partial charge in [-0.3, -0.25) is 9.80 Å². The van der Waals surface area contributed by atoms with Crippen LogP contribution in [0.3, 0.4) is 0 Å². The zero-order valence-corrected chi connectivity index (χ0v) is 20.2. The third-order valence-electron chi connectivity index (χ3n) is 7.29. The number of carbonyl (C=O) groups is 2. The molecular formula is C28H27ClN2O4. The van der Waals surface area contributed by atoms with Gasteiger partial charge < -0.3 is 9.84 Å². The molecule has 0 spiro atoms. The van der Waals surface area contributed by atoms with E-state index in [1.165, 1.54) is 12.0 Å². The van der Waals surface area contributed by atoms with Crippen LogP contribution in [-0.2, 0) is 16.1 Å². The van der Waals surface area contributed by atoms with Crippen molar-refractivity contribution >= 4 is 23.7 Å². The van der Waals surface area contributed by atoms with Crippen molar-refractivity contribution in [2.45, 2.75) is 31.0 Å². The van der Waals surface area contributed by atoms with Crippen LogP contribution in [0, 0.1) is 0 Å². The van der Waals surface area contributed by atoms with Crippen LogP contribution >= 0.6 is 11.6 Å². The molecular weight excluding hydrogens is 464 g/mol. The fraction of sp³-hybridized carbons (Fsp3) is 0.286. The number of halogens is 1. The highest BCUT2D eigenvalue weighted by Crippen LogP contribution is 2.50. The van der Waals surface area contributed by atoms with Gasteiger partial charge in [-0.25, -0.2) is 9.59 Å². The Morgan fingerprint density at radius 2 is 1.51 bits per heavy atom. The highest BCUT2D eigenvalue weighted by atomic mass is 35.5. The van der Waals surface area contributed by atoms with Crippen molar-refractivity contribution in [1.29, 1.82) is 0 Å². The van der Waals surface area contributed by atoms with E-state index in [-0.39, 0.29) is 0 Å². The van der Waals surface area contributed by atoms with E-state index in [1.54, 1.807) is 0 Å². The molecule has 1 N–H and O–H groups in total. The molecule has 0 saturated carbocycles. The van der Waals surface area contributed by atoms with Gasteiger partial charge in [0.1, 0.15) is 5.54 Å². The van der Waals surface area contributed by atoms with Gasteiger partial charge in [-0.05, 0) is 52.8 Å². The van der Waals surface area contributed by atoms with Crippen molar-refractivity contribution in [3.05, 3.63) is 94.5 Å². The first-order valence-corrected chi connectivity index (χ1v) is 12.1. The van der Waals surface area contributed by atoms with Gasteiger partial charge in [-0.15, -0.1) is 0 Å². The lowest BCUT2D eigenvalue weighted by Gasteiger charge is -2.47. The zero-order chi connectivity index (χ0) is 24.6. The SMILES string of the molecule is COC(=O)N(C1c2ccccc2-c2ccccc21)C1(C(=O)O)CCN(Cc2ccc(Cl)cc2)CC1. The number of rotatable bonds is 5. The van der Waals surface area contributed by atoms with Crippen LogP contribution < -0.4 is 0 Å². The highest BCUT2D eigenvalue weighted by Gasteiger charge is 2.54. The van der Waals surface area contributed by atoms with Crippen LogP contribution in [0.5, 0.6) is 0 Å². The molecule has 1 saturated heterocycles. The number of aliphatic carboxylic acids is 1. The predicted octanol–water partition coefficient (Wildman–Crippen LogP) is 5.60. The maximum Gasteiger partial charge on any atom is 0.411 e. The molecule has 0 aromatic heterocycles. The number of ether oxygens (including phenoxy) is 1. The number of benzene rings is 3. The van der Waals surface area contributed by atoms with Crippen LogP contribution in [0.1, 0.15) is 35.6 Å². The number of methoxy groups -OCH3 is 1. The number of amides is 1. The Balaban J connectivity index is 1.50. The van der Waals surface area contributed by atoms with Crippen molar-refractivity contribution in [2.24, 2.45) is 0 Å². The van der Waals surface area contributed by atoms with Crippen LogP contribution in [0.25, 0.3) is 11.1 Å². The molecule has 35 heavy (non-hydrogen) atoms. The first-order valence-electron chi connectivity index (χ1n) is 11.7. The van der Waals surface area contributed by atoms with E-state index in [0.29, 0.717) is 37.5 Å². The molecule has 1 aliphatic carbocycles. The van der Waals surface area contributed by atoms with Gasteiger partial charge in [-0.2, -0.15) is 0 Å². The number of carbonyl (C=O) groups excluding carboxylic acids is 1. The molecule has 7 heteroatoms. The van der Waals surface area contributed by atoms with Crippen LogP contribution in [0.15, 0.2) is 72.8 Å². The number of carboxylic acids is 1. The van der Waals surface area contributed by atoms with E-state index in [1.807, 2.05) is 72.8 Å². The lowest BCUT2D eigenvalue weighted by molar-refractivity contribution is -0.155. The van der Waals surface area contributed by atoms with Crippen LogP contribution in [0.4, 0.5) is 4.79 Å². The second-order valence-electron chi connectivity index (χ2n) is 9.16. The molecule has 0 bridgehead atoms. The van der Waals surface area contributed by atoms with Crippen molar-refractivity contribution < 1.29 is 19.4 Å². The summed E-state index contributed by atoms with van der Waals surface area (Å²) in [6.07, 6.45) is -0.0346. The van der Waals surface area contributed by atoms with Gasteiger partial charge >= 0.3 is 12.1 Å². The maximum absolute atomic E-state index is 13.3. The summed E-state index contributed by atoms with van der Waals surface area (Å²) >= 11 is 6.01. The van der Waals surface area contributed by atoms with Crippen molar-refractivity contribution in [1.82, 2.24) is 9.80 Å². The van der Waals surface area contributed by atoms with E-state index >= 15 is 0 Å². The summed E-state index contributed by atoms with van der Waals surface area (Å²) < 4.78 is 5.21. The van der Waals surface area contributed by atoms with Gasteiger partial charge in [0.05, 0.1) is 13.2 Å². The second kappa shape index (κ2) is 9.36. The molecule has 5 rings (SSSR count). The molecule has 0 atom stereocenters. The monoisotopic (exact) mass is 490 g/mol. The molecule has 3 aromatic carbocycles. The first kappa shape index (κ1) is 23.4. The Hall–Kier alpha value is -3.35. The molecule has 1 fully saturated rings. The van der Waals surface area contributed by atoms with Crippen LogP contribution in [0.2, 0.25) is 5.02 Å². The summed E-state index contributed by atoms with van der Waals surface area (Å²) in [5.74, 6) is -1.00. The highest BCUT2D eigenvalue weighted by molar-refractivity contribution is 6.30. The Morgan fingerprint density at radius 1 is 0.971 bits per heavy atom. The Morgan fingerprint density at radius 3 is 2.03 bits per heavy atom. The third-order valence-corrected chi connectivity index (χ3v) is 7.54. The van der Waals surface area contributed by atoms with Crippen molar-refractivity contribution in [3.63, 3.8) is 0 Å². The number of hydrogen-bond donors (Lipinski definition) is 1. The van der Waals surface area contributed by atoms with E-state index in [9.17, 15) is 14.7 Å². The van der Waals surface area contributed by atoms with E-state index < -0.39 is 23.6 Å². The Kier molecular flexibility index (Phi) is 6.26. The van der Waals surface area contributed by atoms with Gasteiger partial charge in [0, 0.05) is 24.7 Å². The number of likely N-dealkylation sites (tertiary alicyclic amines) is 1. The van der Waals surface area contributed by atoms with Gasteiger partial charge in [0.25, 0.3) is 0 Å². The fourth-order valence-electron chi connectivity index (χ4n) is 5.52. The normalized spacial score (nSPS) is 16.9. The summed E-state index contributed by atoms with van der Waals surface area (Å²) in [7, 11) is 1.31. The molecule has 0 radical (unpaired) electrons. The lowest BCUT2D eigenvalue weighted by atomic mass is 9.83. The quantitative estimate of drug-likeness (QED) is 0.504. The smallest absolute Gasteiger partial charge is 0.411 e. The minimum atomic E-state index is -1.39. The van der Waals surface area contributed by atoms with Crippen LogP contribution in [-0.4, -0.2) is 52.7 Å². The molecule has 2 aliphatic rings. The predicted molar refractivity (Wildman–Crippen MR) is 134 cm³/mol. The summed E-state index contributed by atoms with van der Waals surface area (Å²) in [4.78, 5) is 30.0. The fourth-order valence-corrected chi connectivity index (χ4v) is 5.65. The molecule has 1 aliphatic heterocycles. The maximum atomic E-state index is 13.3. The average Bonchev–Trinajstić information content (AvgIpc) is 3.20. The van der Waals surface area contributed by atoms with E-state index in [2.05, 4.69) is 4.90 Å². The number of carboxylic acid groups (broad SMARTS) is 1.